The summed E-state index contributed by atoms with van der Waals surface area (Å²) in [6.45, 7) is 10.2. The van der Waals surface area contributed by atoms with Crippen molar-refractivity contribution in [1.82, 2.24) is 15.5 Å². The third-order valence-corrected chi connectivity index (χ3v) is 4.15. The van der Waals surface area contributed by atoms with Crippen molar-refractivity contribution in [3.63, 3.8) is 0 Å². The van der Waals surface area contributed by atoms with Crippen molar-refractivity contribution in [2.75, 3.05) is 13.6 Å². The molecule has 0 aromatic heterocycles. The molecule has 1 atom stereocenters. The molecule has 23 heavy (non-hydrogen) atoms. The summed E-state index contributed by atoms with van der Waals surface area (Å²) < 4.78 is 5.29. The minimum atomic E-state index is -0.468. The summed E-state index contributed by atoms with van der Waals surface area (Å²) in [4.78, 5) is 25.6. The van der Waals surface area contributed by atoms with Crippen LogP contribution in [0.5, 0.6) is 0 Å². The Morgan fingerprint density at radius 2 is 1.70 bits per heavy atom. The number of hydrogen-bond donors (Lipinski definition) is 2. The summed E-state index contributed by atoms with van der Waals surface area (Å²) in [6, 6.07) is 0.323. The molecular weight excluding hydrogens is 294 g/mol. The SMILES string of the molecule is CCN(C)C(=O)C(C)NC1CCC(NC(=O)OC(C)(C)C)CC1. The Morgan fingerprint density at radius 1 is 1.17 bits per heavy atom. The van der Waals surface area contributed by atoms with Crippen molar-refractivity contribution in [1.29, 1.82) is 0 Å². The summed E-state index contributed by atoms with van der Waals surface area (Å²) in [5, 5.41) is 6.35. The molecule has 0 aliphatic heterocycles. The Morgan fingerprint density at radius 3 is 2.17 bits per heavy atom. The van der Waals surface area contributed by atoms with Crippen LogP contribution in [0.2, 0.25) is 0 Å². The van der Waals surface area contributed by atoms with Gasteiger partial charge in [-0.15, -0.1) is 0 Å². The molecule has 2 amide bonds. The molecule has 1 aliphatic carbocycles. The van der Waals surface area contributed by atoms with Crippen molar-refractivity contribution in [2.45, 2.75) is 84.0 Å². The lowest BCUT2D eigenvalue weighted by Gasteiger charge is -2.32. The number of carbonyl (C=O) groups excluding carboxylic acids is 2. The van der Waals surface area contributed by atoms with Crippen molar-refractivity contribution >= 4 is 12.0 Å². The highest BCUT2D eigenvalue weighted by Crippen LogP contribution is 2.20. The van der Waals surface area contributed by atoms with Gasteiger partial charge >= 0.3 is 6.09 Å². The molecule has 0 aromatic rings. The van der Waals surface area contributed by atoms with E-state index in [1.165, 1.54) is 0 Å². The van der Waals surface area contributed by atoms with Crippen LogP contribution < -0.4 is 10.6 Å². The Balaban J connectivity index is 2.33. The van der Waals surface area contributed by atoms with Crippen molar-refractivity contribution < 1.29 is 14.3 Å². The molecule has 1 unspecified atom stereocenters. The molecule has 6 heteroatoms. The number of hydrogen-bond acceptors (Lipinski definition) is 4. The minimum Gasteiger partial charge on any atom is -0.444 e. The molecule has 0 aromatic carbocycles. The number of carbonyl (C=O) groups is 2. The highest BCUT2D eigenvalue weighted by molar-refractivity contribution is 5.81. The first-order chi connectivity index (χ1) is 10.6. The Kier molecular flexibility index (Phi) is 7.32. The molecule has 0 spiro atoms. The zero-order valence-electron chi connectivity index (χ0n) is 15.4. The predicted octanol–water partition coefficient (Wildman–Crippen LogP) is 2.28. The van der Waals surface area contributed by atoms with Crippen LogP contribution in [0.15, 0.2) is 0 Å². The van der Waals surface area contributed by atoms with Crippen molar-refractivity contribution in [3.8, 4) is 0 Å². The first-order valence-corrected chi connectivity index (χ1v) is 8.63. The summed E-state index contributed by atoms with van der Waals surface area (Å²) in [7, 11) is 1.82. The lowest BCUT2D eigenvalue weighted by atomic mass is 9.91. The van der Waals surface area contributed by atoms with Gasteiger partial charge in [-0.2, -0.15) is 0 Å². The quantitative estimate of drug-likeness (QED) is 0.813. The Bertz CT molecular complexity index is 398. The van der Waals surface area contributed by atoms with Crippen LogP contribution in [0.3, 0.4) is 0 Å². The van der Waals surface area contributed by atoms with Gasteiger partial charge in [0.15, 0.2) is 0 Å². The maximum atomic E-state index is 12.1. The normalized spacial score (nSPS) is 23.0. The topological polar surface area (TPSA) is 70.7 Å². The third-order valence-electron chi connectivity index (χ3n) is 4.15. The molecule has 0 saturated heterocycles. The second-order valence-corrected chi connectivity index (χ2v) is 7.44. The lowest BCUT2D eigenvalue weighted by Crippen LogP contribution is -2.50. The van der Waals surface area contributed by atoms with Crippen molar-refractivity contribution in [3.05, 3.63) is 0 Å². The minimum absolute atomic E-state index is 0.126. The van der Waals surface area contributed by atoms with Gasteiger partial charge < -0.3 is 20.3 Å². The summed E-state index contributed by atoms with van der Waals surface area (Å²) in [5.41, 5.74) is -0.468. The lowest BCUT2D eigenvalue weighted by molar-refractivity contribution is -0.131. The Hall–Kier alpha value is -1.30. The number of likely N-dealkylation sites (N-methyl/N-ethyl adjacent to an activating group) is 1. The van der Waals surface area contributed by atoms with E-state index in [1.54, 1.807) is 4.90 Å². The zero-order chi connectivity index (χ0) is 17.6. The number of amides is 2. The maximum Gasteiger partial charge on any atom is 0.407 e. The molecule has 0 bridgehead atoms. The number of nitrogens with zero attached hydrogens (tertiary/aromatic N) is 1. The van der Waals surface area contributed by atoms with Crippen LogP contribution in [0.25, 0.3) is 0 Å². The van der Waals surface area contributed by atoms with Gasteiger partial charge in [0.1, 0.15) is 5.60 Å². The molecule has 0 heterocycles. The molecule has 1 aliphatic rings. The average Bonchev–Trinajstić information content (AvgIpc) is 2.45. The Labute approximate surface area is 140 Å². The van der Waals surface area contributed by atoms with Gasteiger partial charge in [0, 0.05) is 25.7 Å². The summed E-state index contributed by atoms with van der Waals surface area (Å²) in [6.07, 6.45) is 3.37. The molecule has 1 rings (SSSR count). The summed E-state index contributed by atoms with van der Waals surface area (Å²) in [5.74, 6) is 0.126. The average molecular weight is 327 g/mol. The largest absolute Gasteiger partial charge is 0.444 e. The highest BCUT2D eigenvalue weighted by atomic mass is 16.6. The van der Waals surface area contributed by atoms with Crippen molar-refractivity contribution in [2.24, 2.45) is 0 Å². The van der Waals surface area contributed by atoms with Gasteiger partial charge in [-0.05, 0) is 60.3 Å². The fourth-order valence-corrected chi connectivity index (χ4v) is 2.79. The van der Waals surface area contributed by atoms with E-state index in [4.69, 9.17) is 4.74 Å². The van der Waals surface area contributed by atoms with Crippen LogP contribution in [-0.2, 0) is 9.53 Å². The van der Waals surface area contributed by atoms with Gasteiger partial charge in [-0.1, -0.05) is 0 Å². The highest BCUT2D eigenvalue weighted by Gasteiger charge is 2.27. The smallest absolute Gasteiger partial charge is 0.407 e. The van der Waals surface area contributed by atoms with Gasteiger partial charge in [-0.3, -0.25) is 4.79 Å². The van der Waals surface area contributed by atoms with E-state index in [2.05, 4.69) is 10.6 Å². The van der Waals surface area contributed by atoms with Crippen LogP contribution in [0, 0.1) is 0 Å². The fraction of sp³-hybridized carbons (Fsp3) is 0.882. The van der Waals surface area contributed by atoms with E-state index in [9.17, 15) is 9.59 Å². The van der Waals surface area contributed by atoms with Crippen LogP contribution in [0.1, 0.15) is 60.3 Å². The maximum absolute atomic E-state index is 12.1. The molecule has 1 saturated carbocycles. The van der Waals surface area contributed by atoms with E-state index < -0.39 is 5.60 Å². The predicted molar refractivity (Wildman–Crippen MR) is 91.3 cm³/mol. The molecule has 0 radical (unpaired) electrons. The first kappa shape index (κ1) is 19.7. The molecule has 6 nitrogen and oxygen atoms in total. The first-order valence-electron chi connectivity index (χ1n) is 8.63. The van der Waals surface area contributed by atoms with Gasteiger partial charge in [0.2, 0.25) is 5.91 Å². The monoisotopic (exact) mass is 327 g/mol. The van der Waals surface area contributed by atoms with Crippen LogP contribution in [-0.4, -0.2) is 54.2 Å². The van der Waals surface area contributed by atoms with Gasteiger partial charge in [0.05, 0.1) is 6.04 Å². The van der Waals surface area contributed by atoms with Crippen LogP contribution in [0.4, 0.5) is 4.79 Å². The molecular formula is C17H33N3O3. The molecule has 1 fully saturated rings. The van der Waals surface area contributed by atoms with Crippen LogP contribution >= 0.6 is 0 Å². The third kappa shape index (κ3) is 7.20. The second-order valence-electron chi connectivity index (χ2n) is 7.44. The standard InChI is InChI=1S/C17H33N3O3/c1-7-20(6)15(21)12(2)18-13-8-10-14(11-9-13)19-16(22)23-17(3,4)5/h12-14,18H,7-11H2,1-6H3,(H,19,22). The number of nitrogens with one attached hydrogen (secondary N) is 2. The van der Waals surface area contributed by atoms with E-state index in [-0.39, 0.29) is 24.1 Å². The van der Waals surface area contributed by atoms with E-state index in [0.29, 0.717) is 6.04 Å². The second kappa shape index (κ2) is 8.52. The number of ether oxygens (including phenoxy) is 1. The van der Waals surface area contributed by atoms with Gasteiger partial charge in [0.25, 0.3) is 0 Å². The van der Waals surface area contributed by atoms with Gasteiger partial charge in [-0.25, -0.2) is 4.79 Å². The molecule has 2 N–H and O–H groups in total. The fourth-order valence-electron chi connectivity index (χ4n) is 2.79. The van der Waals surface area contributed by atoms with E-state index >= 15 is 0 Å². The summed E-state index contributed by atoms with van der Waals surface area (Å²) >= 11 is 0. The van der Waals surface area contributed by atoms with E-state index in [0.717, 1.165) is 32.2 Å². The number of alkyl carbamates (subject to hydrolysis) is 1. The van der Waals surface area contributed by atoms with E-state index in [1.807, 2.05) is 41.7 Å². The zero-order valence-corrected chi connectivity index (χ0v) is 15.4. The molecule has 134 valence electrons. The number of rotatable bonds is 5.